The molecule has 0 bridgehead atoms. The Labute approximate surface area is 193 Å². The van der Waals surface area contributed by atoms with E-state index in [2.05, 4.69) is 34.2 Å². The summed E-state index contributed by atoms with van der Waals surface area (Å²) in [5.41, 5.74) is 1.33. The van der Waals surface area contributed by atoms with Crippen molar-refractivity contribution in [1.29, 1.82) is 0 Å². The fraction of sp³-hybridized carbons (Fsp3) is 0.680. The van der Waals surface area contributed by atoms with E-state index in [4.69, 9.17) is 14.5 Å². The van der Waals surface area contributed by atoms with E-state index in [0.717, 1.165) is 63.8 Å². The third kappa shape index (κ3) is 7.12. The molecule has 0 aliphatic carbocycles. The van der Waals surface area contributed by atoms with Gasteiger partial charge in [0.1, 0.15) is 5.75 Å². The molecule has 1 N–H and O–H groups in total. The van der Waals surface area contributed by atoms with Gasteiger partial charge in [-0.3, -0.25) is 14.7 Å². The second-order valence-electron chi connectivity index (χ2n) is 8.80. The predicted molar refractivity (Wildman–Crippen MR) is 128 cm³/mol. The molecule has 2 heterocycles. The number of benzene rings is 1. The van der Waals surface area contributed by atoms with Crippen molar-refractivity contribution < 1.29 is 14.3 Å². The van der Waals surface area contributed by atoms with Crippen LogP contribution in [0.4, 0.5) is 0 Å². The van der Waals surface area contributed by atoms with Crippen LogP contribution in [0.3, 0.4) is 0 Å². The number of rotatable bonds is 8. The topological polar surface area (TPSA) is 66.4 Å². The number of hydrogen-bond donors (Lipinski definition) is 1. The first kappa shape index (κ1) is 24.4. The lowest BCUT2D eigenvalue weighted by molar-refractivity contribution is -0.149. The number of likely N-dealkylation sites (tertiary alicyclic amines) is 2. The molecule has 7 nitrogen and oxygen atoms in total. The van der Waals surface area contributed by atoms with Crippen LogP contribution in [0.25, 0.3) is 0 Å². The van der Waals surface area contributed by atoms with E-state index in [0.29, 0.717) is 19.1 Å². The number of piperidine rings is 2. The van der Waals surface area contributed by atoms with Gasteiger partial charge in [-0.2, -0.15) is 0 Å². The zero-order chi connectivity index (χ0) is 22.8. The molecule has 1 aromatic rings. The molecule has 1 atom stereocenters. The van der Waals surface area contributed by atoms with Crippen molar-refractivity contribution >= 4 is 11.9 Å². The molecule has 0 spiro atoms. The van der Waals surface area contributed by atoms with E-state index in [1.807, 2.05) is 19.1 Å². The van der Waals surface area contributed by atoms with E-state index in [-0.39, 0.29) is 11.9 Å². The highest BCUT2D eigenvalue weighted by Gasteiger charge is 2.28. The summed E-state index contributed by atoms with van der Waals surface area (Å²) in [5, 5.41) is 3.44. The van der Waals surface area contributed by atoms with E-state index >= 15 is 0 Å². The van der Waals surface area contributed by atoms with Gasteiger partial charge < -0.3 is 19.7 Å². The zero-order valence-corrected chi connectivity index (χ0v) is 20.0. The van der Waals surface area contributed by atoms with Gasteiger partial charge in [-0.1, -0.05) is 12.1 Å². The highest BCUT2D eigenvalue weighted by Crippen LogP contribution is 2.22. The van der Waals surface area contributed by atoms with Crippen molar-refractivity contribution in [3.05, 3.63) is 29.8 Å². The largest absolute Gasteiger partial charge is 0.497 e. The van der Waals surface area contributed by atoms with Crippen LogP contribution in [0.1, 0.15) is 45.1 Å². The fourth-order valence-electron chi connectivity index (χ4n) is 4.58. The van der Waals surface area contributed by atoms with Gasteiger partial charge in [-0.25, -0.2) is 0 Å². The first-order valence-corrected chi connectivity index (χ1v) is 12.2. The summed E-state index contributed by atoms with van der Waals surface area (Å²) in [6, 6.07) is 8.37. The second-order valence-corrected chi connectivity index (χ2v) is 8.80. The average molecular weight is 445 g/mol. The monoisotopic (exact) mass is 444 g/mol. The van der Waals surface area contributed by atoms with Crippen LogP contribution in [0.2, 0.25) is 0 Å². The number of carbonyl (C=O) groups excluding carboxylic acids is 1. The summed E-state index contributed by atoms with van der Waals surface area (Å²) in [7, 11) is 1.70. The predicted octanol–water partition coefficient (Wildman–Crippen LogP) is 3.15. The Morgan fingerprint density at radius 3 is 2.53 bits per heavy atom. The molecule has 0 aromatic heterocycles. The highest BCUT2D eigenvalue weighted by atomic mass is 16.5. The number of esters is 1. The van der Waals surface area contributed by atoms with Gasteiger partial charge in [0.15, 0.2) is 5.96 Å². The van der Waals surface area contributed by atoms with Crippen molar-refractivity contribution in [3.8, 4) is 5.75 Å². The summed E-state index contributed by atoms with van der Waals surface area (Å²) in [5.74, 6) is 2.35. The molecule has 178 valence electrons. The fourth-order valence-corrected chi connectivity index (χ4v) is 4.58. The van der Waals surface area contributed by atoms with Crippen LogP contribution in [0, 0.1) is 11.8 Å². The quantitative estimate of drug-likeness (QED) is 0.378. The third-order valence-corrected chi connectivity index (χ3v) is 6.45. The third-order valence-electron chi connectivity index (χ3n) is 6.45. The lowest BCUT2D eigenvalue weighted by Crippen LogP contribution is -2.48. The van der Waals surface area contributed by atoms with Crippen LogP contribution in [-0.2, 0) is 16.1 Å². The van der Waals surface area contributed by atoms with Gasteiger partial charge in [0.25, 0.3) is 0 Å². The number of nitrogens with zero attached hydrogens (tertiary/aromatic N) is 3. The first-order valence-electron chi connectivity index (χ1n) is 12.2. The standard InChI is InChI=1S/C25H40N4O3/c1-4-26-25(29-14-6-7-22(19-29)24(30)32-5-2)27-17-20-12-15-28(16-13-20)18-21-8-10-23(31-3)11-9-21/h8-11,20,22H,4-7,12-19H2,1-3H3,(H,26,27). The minimum absolute atomic E-state index is 0.0475. The van der Waals surface area contributed by atoms with Crippen LogP contribution < -0.4 is 10.1 Å². The number of hydrogen-bond acceptors (Lipinski definition) is 5. The summed E-state index contributed by atoms with van der Waals surface area (Å²) in [6.45, 7) is 10.9. The minimum atomic E-state index is -0.0720. The Balaban J connectivity index is 1.48. The summed E-state index contributed by atoms with van der Waals surface area (Å²) in [6.07, 6.45) is 4.24. The van der Waals surface area contributed by atoms with E-state index < -0.39 is 0 Å². The zero-order valence-electron chi connectivity index (χ0n) is 20.0. The van der Waals surface area contributed by atoms with Gasteiger partial charge in [-0.05, 0) is 76.2 Å². The van der Waals surface area contributed by atoms with Crippen molar-refractivity contribution in [2.75, 3.05) is 53.0 Å². The van der Waals surface area contributed by atoms with Gasteiger partial charge >= 0.3 is 5.97 Å². The lowest BCUT2D eigenvalue weighted by atomic mass is 9.96. The SMILES string of the molecule is CCNC(=NCC1CCN(Cc2ccc(OC)cc2)CC1)N1CCCC(C(=O)OCC)C1. The van der Waals surface area contributed by atoms with Crippen molar-refractivity contribution in [3.63, 3.8) is 0 Å². The smallest absolute Gasteiger partial charge is 0.310 e. The van der Waals surface area contributed by atoms with Crippen LogP contribution in [0.15, 0.2) is 29.3 Å². The number of nitrogens with one attached hydrogen (secondary N) is 1. The molecule has 1 aromatic carbocycles. The molecule has 32 heavy (non-hydrogen) atoms. The number of aliphatic imine (C=N–C) groups is 1. The molecule has 3 rings (SSSR count). The lowest BCUT2D eigenvalue weighted by Gasteiger charge is -2.35. The van der Waals surface area contributed by atoms with E-state index in [1.165, 1.54) is 18.4 Å². The van der Waals surface area contributed by atoms with Gasteiger partial charge in [0.2, 0.25) is 0 Å². The molecular weight excluding hydrogens is 404 g/mol. The van der Waals surface area contributed by atoms with Gasteiger partial charge in [0.05, 0.1) is 19.6 Å². The number of guanidine groups is 1. The van der Waals surface area contributed by atoms with E-state index in [9.17, 15) is 4.79 Å². The molecule has 0 radical (unpaired) electrons. The highest BCUT2D eigenvalue weighted by molar-refractivity contribution is 5.81. The van der Waals surface area contributed by atoms with Crippen LogP contribution >= 0.6 is 0 Å². The summed E-state index contributed by atoms with van der Waals surface area (Å²) >= 11 is 0. The van der Waals surface area contributed by atoms with Crippen LogP contribution in [-0.4, -0.2) is 74.7 Å². The molecule has 0 amide bonds. The molecule has 7 heteroatoms. The molecule has 0 saturated carbocycles. The van der Waals surface area contributed by atoms with Gasteiger partial charge in [0, 0.05) is 32.7 Å². The maximum absolute atomic E-state index is 12.2. The Morgan fingerprint density at radius 2 is 1.88 bits per heavy atom. The summed E-state index contributed by atoms with van der Waals surface area (Å²) < 4.78 is 10.5. The normalized spacial score (nSPS) is 20.8. The second kappa shape index (κ2) is 12.7. The maximum atomic E-state index is 12.2. The van der Waals surface area contributed by atoms with Crippen LogP contribution in [0.5, 0.6) is 5.75 Å². The Bertz CT molecular complexity index is 729. The Kier molecular flexibility index (Phi) is 9.65. The first-order chi connectivity index (χ1) is 15.6. The van der Waals surface area contributed by atoms with Crippen molar-refractivity contribution in [1.82, 2.24) is 15.1 Å². The average Bonchev–Trinajstić information content (AvgIpc) is 2.83. The number of ether oxygens (including phenoxy) is 2. The minimum Gasteiger partial charge on any atom is -0.497 e. The maximum Gasteiger partial charge on any atom is 0.310 e. The molecule has 2 aliphatic rings. The molecule has 2 fully saturated rings. The van der Waals surface area contributed by atoms with Crippen molar-refractivity contribution in [2.24, 2.45) is 16.8 Å². The van der Waals surface area contributed by atoms with E-state index in [1.54, 1.807) is 7.11 Å². The number of carbonyl (C=O) groups is 1. The Hall–Kier alpha value is -2.28. The Morgan fingerprint density at radius 1 is 1.12 bits per heavy atom. The molecule has 2 aliphatic heterocycles. The van der Waals surface area contributed by atoms with Gasteiger partial charge in [-0.15, -0.1) is 0 Å². The summed E-state index contributed by atoms with van der Waals surface area (Å²) in [4.78, 5) is 22.0. The number of methoxy groups -OCH3 is 1. The van der Waals surface area contributed by atoms with Crippen molar-refractivity contribution in [2.45, 2.75) is 46.1 Å². The molecule has 2 saturated heterocycles. The molecule has 1 unspecified atom stereocenters. The molecular formula is C25H40N4O3.